The minimum Gasteiger partial charge on any atom is -0.462 e. The minimum absolute atomic E-state index is 0.0882. The quantitative estimate of drug-likeness (QED) is 0.336. The summed E-state index contributed by atoms with van der Waals surface area (Å²) in [6, 6.07) is 0. The van der Waals surface area contributed by atoms with Crippen LogP contribution in [0.1, 0.15) is 59.3 Å². The van der Waals surface area contributed by atoms with E-state index >= 15 is 0 Å². The van der Waals surface area contributed by atoms with Gasteiger partial charge in [0.2, 0.25) is 0 Å². The molecule has 16 heavy (non-hydrogen) atoms. The van der Waals surface area contributed by atoms with E-state index in [4.69, 9.17) is 4.74 Å². The van der Waals surface area contributed by atoms with Gasteiger partial charge in [-0.2, -0.15) is 0 Å². The Kier molecular flexibility index (Phi) is 7.96. The Bertz CT molecular complexity index is 207. The molecule has 0 spiro atoms. The Morgan fingerprint density at radius 1 is 1.25 bits per heavy atom. The van der Waals surface area contributed by atoms with Crippen molar-refractivity contribution in [3.63, 3.8) is 0 Å². The Balaban J connectivity index is 3.61. The van der Waals surface area contributed by atoms with E-state index in [1.165, 1.54) is 38.2 Å². The third-order valence-corrected chi connectivity index (χ3v) is 2.73. The van der Waals surface area contributed by atoms with Crippen molar-refractivity contribution in [1.82, 2.24) is 0 Å². The smallest absolute Gasteiger partial charge is 0.330 e. The van der Waals surface area contributed by atoms with Gasteiger partial charge in [0.15, 0.2) is 0 Å². The lowest BCUT2D eigenvalue weighted by Gasteiger charge is -2.23. The Hall–Kier alpha value is -0.790. The van der Waals surface area contributed by atoms with Crippen molar-refractivity contribution in [3.05, 3.63) is 12.7 Å². The summed E-state index contributed by atoms with van der Waals surface area (Å²) >= 11 is 0. The highest BCUT2D eigenvalue weighted by atomic mass is 16.5. The maximum Gasteiger partial charge on any atom is 0.330 e. The van der Waals surface area contributed by atoms with Crippen LogP contribution in [0.25, 0.3) is 0 Å². The highest BCUT2D eigenvalue weighted by molar-refractivity contribution is 5.81. The molecule has 0 aliphatic carbocycles. The SMILES string of the molecule is C=CC(=O)OCC(C)(C)CCCCCCC. The molecule has 0 unspecified atom stereocenters. The van der Waals surface area contributed by atoms with Crippen molar-refractivity contribution in [1.29, 1.82) is 0 Å². The molecule has 2 heteroatoms. The third kappa shape index (κ3) is 8.51. The van der Waals surface area contributed by atoms with Gasteiger partial charge in [0.05, 0.1) is 6.61 Å². The molecule has 0 radical (unpaired) electrons. The van der Waals surface area contributed by atoms with Crippen molar-refractivity contribution in [2.45, 2.75) is 59.3 Å². The molecule has 0 saturated carbocycles. The van der Waals surface area contributed by atoms with E-state index in [2.05, 4.69) is 27.4 Å². The Morgan fingerprint density at radius 2 is 1.88 bits per heavy atom. The molecule has 0 N–H and O–H groups in total. The van der Waals surface area contributed by atoms with Crippen LogP contribution < -0.4 is 0 Å². The molecule has 0 amide bonds. The number of carbonyl (C=O) groups excluding carboxylic acids is 1. The summed E-state index contributed by atoms with van der Waals surface area (Å²) in [6.45, 7) is 10.4. The maximum absolute atomic E-state index is 10.9. The summed E-state index contributed by atoms with van der Waals surface area (Å²) in [7, 11) is 0. The first-order valence-corrected chi connectivity index (χ1v) is 6.31. The van der Waals surface area contributed by atoms with Crippen LogP contribution in [0, 0.1) is 5.41 Å². The van der Waals surface area contributed by atoms with E-state index < -0.39 is 0 Å². The van der Waals surface area contributed by atoms with E-state index in [-0.39, 0.29) is 11.4 Å². The van der Waals surface area contributed by atoms with Gasteiger partial charge in [0, 0.05) is 6.08 Å². The third-order valence-electron chi connectivity index (χ3n) is 2.73. The molecule has 0 aliphatic rings. The fourth-order valence-electron chi connectivity index (χ4n) is 1.60. The second-order valence-corrected chi connectivity index (χ2v) is 5.14. The summed E-state index contributed by atoms with van der Waals surface area (Å²) < 4.78 is 5.08. The van der Waals surface area contributed by atoms with Gasteiger partial charge in [-0.1, -0.05) is 59.5 Å². The molecule has 0 aromatic carbocycles. The molecule has 0 fully saturated rings. The van der Waals surface area contributed by atoms with Gasteiger partial charge in [-0.3, -0.25) is 0 Å². The molecular formula is C14H26O2. The van der Waals surface area contributed by atoms with Crippen LogP contribution >= 0.6 is 0 Å². The summed E-state index contributed by atoms with van der Waals surface area (Å²) in [5, 5.41) is 0. The lowest BCUT2D eigenvalue weighted by atomic mass is 9.88. The molecule has 0 rings (SSSR count). The number of esters is 1. The van der Waals surface area contributed by atoms with Crippen molar-refractivity contribution < 1.29 is 9.53 Å². The van der Waals surface area contributed by atoms with E-state index in [0.717, 1.165) is 6.42 Å². The zero-order chi connectivity index (χ0) is 12.4. The van der Waals surface area contributed by atoms with Crippen molar-refractivity contribution in [2.75, 3.05) is 6.61 Å². The summed E-state index contributed by atoms with van der Waals surface area (Å²) in [5.41, 5.74) is 0.0882. The van der Waals surface area contributed by atoms with Crippen LogP contribution in [0.4, 0.5) is 0 Å². The summed E-state index contributed by atoms with van der Waals surface area (Å²) in [4.78, 5) is 10.9. The van der Waals surface area contributed by atoms with Crippen molar-refractivity contribution in [2.24, 2.45) is 5.41 Å². The van der Waals surface area contributed by atoms with Gasteiger partial charge >= 0.3 is 5.97 Å². The summed E-state index contributed by atoms with van der Waals surface area (Å²) in [6.07, 6.45) is 8.76. The number of hydrogen-bond acceptors (Lipinski definition) is 2. The van der Waals surface area contributed by atoms with Crippen LogP contribution in [0.15, 0.2) is 12.7 Å². The van der Waals surface area contributed by atoms with Crippen LogP contribution in [-0.2, 0) is 9.53 Å². The van der Waals surface area contributed by atoms with E-state index in [1.807, 2.05) is 0 Å². The van der Waals surface area contributed by atoms with Gasteiger partial charge in [0.25, 0.3) is 0 Å². The van der Waals surface area contributed by atoms with Gasteiger partial charge in [0.1, 0.15) is 0 Å². The van der Waals surface area contributed by atoms with Crippen molar-refractivity contribution >= 4 is 5.97 Å². The van der Waals surface area contributed by atoms with Crippen LogP contribution in [-0.4, -0.2) is 12.6 Å². The first kappa shape index (κ1) is 15.2. The highest BCUT2D eigenvalue weighted by Gasteiger charge is 2.19. The monoisotopic (exact) mass is 226 g/mol. The average molecular weight is 226 g/mol. The van der Waals surface area contributed by atoms with Gasteiger partial charge < -0.3 is 4.74 Å². The standard InChI is InChI=1S/C14H26O2/c1-5-7-8-9-10-11-14(3,4)12-16-13(15)6-2/h6H,2,5,7-12H2,1,3-4H3. The number of unbranched alkanes of at least 4 members (excludes halogenated alkanes) is 4. The average Bonchev–Trinajstić information content (AvgIpc) is 2.25. The molecule has 0 aliphatic heterocycles. The highest BCUT2D eigenvalue weighted by Crippen LogP contribution is 2.24. The number of ether oxygens (including phenoxy) is 1. The van der Waals surface area contributed by atoms with Crippen LogP contribution in [0.3, 0.4) is 0 Å². The van der Waals surface area contributed by atoms with E-state index in [0.29, 0.717) is 6.61 Å². The molecule has 0 saturated heterocycles. The second kappa shape index (κ2) is 8.37. The van der Waals surface area contributed by atoms with E-state index in [9.17, 15) is 4.79 Å². The number of hydrogen-bond donors (Lipinski definition) is 0. The zero-order valence-electron chi connectivity index (χ0n) is 11.1. The maximum atomic E-state index is 10.9. The van der Waals surface area contributed by atoms with Gasteiger partial charge in [-0.15, -0.1) is 0 Å². The molecule has 0 aromatic heterocycles. The number of carbonyl (C=O) groups is 1. The van der Waals surface area contributed by atoms with Gasteiger partial charge in [-0.25, -0.2) is 4.79 Å². The largest absolute Gasteiger partial charge is 0.462 e. The molecule has 0 heterocycles. The molecular weight excluding hydrogens is 200 g/mol. The Labute approximate surface area is 100 Å². The lowest BCUT2D eigenvalue weighted by molar-refractivity contribution is -0.140. The molecule has 0 atom stereocenters. The minimum atomic E-state index is -0.320. The molecule has 2 nitrogen and oxygen atoms in total. The van der Waals surface area contributed by atoms with E-state index in [1.54, 1.807) is 0 Å². The second-order valence-electron chi connectivity index (χ2n) is 5.14. The topological polar surface area (TPSA) is 26.3 Å². The molecule has 0 aromatic rings. The van der Waals surface area contributed by atoms with Gasteiger partial charge in [-0.05, 0) is 11.8 Å². The Morgan fingerprint density at radius 3 is 2.44 bits per heavy atom. The molecule has 0 bridgehead atoms. The normalized spacial score (nSPS) is 11.2. The molecule has 94 valence electrons. The summed E-state index contributed by atoms with van der Waals surface area (Å²) in [5.74, 6) is -0.320. The van der Waals surface area contributed by atoms with Crippen molar-refractivity contribution in [3.8, 4) is 0 Å². The zero-order valence-corrected chi connectivity index (χ0v) is 11.1. The van der Waals surface area contributed by atoms with Crippen LogP contribution in [0.5, 0.6) is 0 Å². The predicted octanol–water partition coefficient (Wildman–Crippen LogP) is 4.10. The fourth-order valence-corrected chi connectivity index (χ4v) is 1.60. The first-order chi connectivity index (χ1) is 7.52. The van der Waals surface area contributed by atoms with Crippen LogP contribution in [0.2, 0.25) is 0 Å². The first-order valence-electron chi connectivity index (χ1n) is 6.31. The number of rotatable bonds is 9. The predicted molar refractivity (Wildman–Crippen MR) is 68.3 cm³/mol. The lowest BCUT2D eigenvalue weighted by Crippen LogP contribution is -2.21. The fraction of sp³-hybridized carbons (Fsp3) is 0.786.